The summed E-state index contributed by atoms with van der Waals surface area (Å²) in [7, 11) is 0. The molecule has 0 fully saturated rings. The van der Waals surface area contributed by atoms with Crippen molar-refractivity contribution in [2.45, 2.75) is 5.41 Å². The van der Waals surface area contributed by atoms with Gasteiger partial charge in [-0.05, 0) is 94.9 Å². The Labute approximate surface area is 368 Å². The van der Waals surface area contributed by atoms with Crippen LogP contribution in [0.4, 0.5) is 0 Å². The fourth-order valence-electron chi connectivity index (χ4n) is 9.89. The number of aliphatic imine (C=N–C) groups is 1. The van der Waals surface area contributed by atoms with Gasteiger partial charge in [0.15, 0.2) is 5.84 Å². The van der Waals surface area contributed by atoms with E-state index in [4.69, 9.17) is 10.4 Å². The van der Waals surface area contributed by atoms with E-state index in [1.54, 1.807) is 0 Å². The van der Waals surface area contributed by atoms with Crippen LogP contribution in [0.5, 0.6) is 0 Å². The minimum atomic E-state index is -0.550. The van der Waals surface area contributed by atoms with E-state index in [0.717, 1.165) is 33.4 Å². The molecule has 0 saturated carbocycles. The SMILES string of the molecule is N=C(N=C(/C=C/c1ccc(-c2cccc(-c3cccc4c3C(c3ccccc3)(c3ccccc3)c3ccc5ccccc5c3-4)c2)c2ccccc12)c1ccccc1)c1ccccc1. The van der Waals surface area contributed by atoms with Crippen LogP contribution in [0, 0.1) is 5.41 Å². The lowest BCUT2D eigenvalue weighted by Crippen LogP contribution is -2.29. The van der Waals surface area contributed by atoms with Crippen LogP contribution in [0.15, 0.2) is 248 Å². The second kappa shape index (κ2) is 16.0. The fraction of sp³-hybridized carbons (Fsp3) is 0.0164. The van der Waals surface area contributed by atoms with Gasteiger partial charge in [0.25, 0.3) is 0 Å². The van der Waals surface area contributed by atoms with E-state index in [0.29, 0.717) is 0 Å². The van der Waals surface area contributed by atoms with Crippen molar-refractivity contribution in [3.05, 3.63) is 282 Å². The molecule has 1 aliphatic carbocycles. The Morgan fingerprint density at radius 3 is 1.68 bits per heavy atom. The van der Waals surface area contributed by atoms with Crippen molar-refractivity contribution in [3.8, 4) is 33.4 Å². The third kappa shape index (κ3) is 6.52. The predicted molar refractivity (Wildman–Crippen MR) is 265 cm³/mol. The maximum atomic E-state index is 8.82. The average molecular weight is 803 g/mol. The zero-order chi connectivity index (χ0) is 42.2. The highest BCUT2D eigenvalue weighted by molar-refractivity contribution is 6.18. The number of amidine groups is 1. The highest BCUT2D eigenvalue weighted by Crippen LogP contribution is 2.60. The summed E-state index contributed by atoms with van der Waals surface area (Å²) in [5, 5.41) is 13.7. The minimum absolute atomic E-state index is 0.227. The molecular weight excluding hydrogens is 761 g/mol. The van der Waals surface area contributed by atoms with Crippen molar-refractivity contribution in [2.24, 2.45) is 4.99 Å². The van der Waals surface area contributed by atoms with Crippen molar-refractivity contribution >= 4 is 39.2 Å². The molecule has 0 amide bonds. The zero-order valence-electron chi connectivity index (χ0n) is 34.6. The first kappa shape index (κ1) is 37.8. The number of nitrogens with one attached hydrogen (secondary N) is 1. The van der Waals surface area contributed by atoms with Crippen LogP contribution in [0.25, 0.3) is 61.0 Å². The normalized spacial score (nSPS) is 13.0. The Hall–Kier alpha value is -8.20. The molecule has 11 rings (SSSR count). The van der Waals surface area contributed by atoms with Crippen molar-refractivity contribution in [2.75, 3.05) is 0 Å². The van der Waals surface area contributed by atoms with Crippen molar-refractivity contribution < 1.29 is 0 Å². The number of hydrogen-bond donors (Lipinski definition) is 1. The Morgan fingerprint density at radius 1 is 0.429 bits per heavy atom. The molecule has 2 heteroatoms. The molecule has 0 atom stereocenters. The van der Waals surface area contributed by atoms with Gasteiger partial charge in [-0.2, -0.15) is 0 Å². The molecule has 0 aromatic heterocycles. The molecule has 63 heavy (non-hydrogen) atoms. The van der Waals surface area contributed by atoms with E-state index < -0.39 is 5.41 Å². The molecule has 1 N–H and O–H groups in total. The van der Waals surface area contributed by atoms with E-state index in [-0.39, 0.29) is 5.84 Å². The molecule has 1 aliphatic rings. The molecule has 0 saturated heterocycles. The first-order valence-corrected chi connectivity index (χ1v) is 21.5. The Balaban J connectivity index is 1.06. The minimum Gasteiger partial charge on any atom is -0.282 e. The van der Waals surface area contributed by atoms with E-state index in [1.165, 1.54) is 66.2 Å². The highest BCUT2D eigenvalue weighted by Gasteiger charge is 2.48. The lowest BCUT2D eigenvalue weighted by molar-refractivity contribution is 0.771. The number of allylic oxidation sites excluding steroid dienone is 1. The van der Waals surface area contributed by atoms with Gasteiger partial charge in [-0.15, -0.1) is 0 Å². The molecule has 0 heterocycles. The Bertz CT molecular complexity index is 3340. The number of rotatable bonds is 8. The van der Waals surface area contributed by atoms with E-state index >= 15 is 0 Å². The Morgan fingerprint density at radius 2 is 0.984 bits per heavy atom. The summed E-state index contributed by atoms with van der Waals surface area (Å²) >= 11 is 0. The molecular formula is C61H42N2. The third-order valence-electron chi connectivity index (χ3n) is 12.7. The summed E-state index contributed by atoms with van der Waals surface area (Å²) in [6.07, 6.45) is 4.17. The number of benzene rings is 10. The first-order valence-electron chi connectivity index (χ1n) is 21.5. The molecule has 0 spiro atoms. The number of fused-ring (bicyclic) bond motifs is 6. The maximum absolute atomic E-state index is 8.82. The molecule has 0 bridgehead atoms. The van der Waals surface area contributed by atoms with Gasteiger partial charge >= 0.3 is 0 Å². The summed E-state index contributed by atoms with van der Waals surface area (Å²) < 4.78 is 0. The summed E-state index contributed by atoms with van der Waals surface area (Å²) in [5.74, 6) is 0.227. The molecule has 0 radical (unpaired) electrons. The van der Waals surface area contributed by atoms with Crippen molar-refractivity contribution in [1.82, 2.24) is 0 Å². The van der Waals surface area contributed by atoms with Crippen LogP contribution >= 0.6 is 0 Å². The van der Waals surface area contributed by atoms with Crippen molar-refractivity contribution in [3.63, 3.8) is 0 Å². The lowest BCUT2D eigenvalue weighted by Gasteiger charge is -2.35. The molecule has 0 unspecified atom stereocenters. The van der Waals surface area contributed by atoms with Crippen LogP contribution in [0.3, 0.4) is 0 Å². The smallest absolute Gasteiger partial charge is 0.152 e. The second-order valence-corrected chi connectivity index (χ2v) is 16.2. The highest BCUT2D eigenvalue weighted by atomic mass is 14.8. The van der Waals surface area contributed by atoms with Gasteiger partial charge in [0, 0.05) is 11.1 Å². The van der Waals surface area contributed by atoms with E-state index in [1.807, 2.05) is 66.7 Å². The summed E-state index contributed by atoms with van der Waals surface area (Å²) in [4.78, 5) is 4.83. The van der Waals surface area contributed by atoms with Gasteiger partial charge < -0.3 is 0 Å². The monoisotopic (exact) mass is 802 g/mol. The van der Waals surface area contributed by atoms with Crippen LogP contribution in [-0.4, -0.2) is 11.5 Å². The second-order valence-electron chi connectivity index (χ2n) is 16.2. The van der Waals surface area contributed by atoms with Crippen molar-refractivity contribution in [1.29, 1.82) is 5.41 Å². The topological polar surface area (TPSA) is 36.2 Å². The van der Waals surface area contributed by atoms with Gasteiger partial charge in [0.05, 0.1) is 11.1 Å². The summed E-state index contributed by atoms with van der Waals surface area (Å²) in [6.45, 7) is 0. The molecule has 10 aromatic carbocycles. The van der Waals surface area contributed by atoms with Gasteiger partial charge in [-0.1, -0.05) is 237 Å². The van der Waals surface area contributed by atoms with Gasteiger partial charge in [0.1, 0.15) is 0 Å². The largest absolute Gasteiger partial charge is 0.282 e. The molecule has 10 aromatic rings. The maximum Gasteiger partial charge on any atom is 0.152 e. The van der Waals surface area contributed by atoms with Crippen LogP contribution < -0.4 is 0 Å². The van der Waals surface area contributed by atoms with Gasteiger partial charge in [0.2, 0.25) is 0 Å². The fourth-order valence-corrected chi connectivity index (χ4v) is 9.89. The van der Waals surface area contributed by atoms with Gasteiger partial charge in [-0.25, -0.2) is 4.99 Å². The first-order chi connectivity index (χ1) is 31.2. The quantitative estimate of drug-likeness (QED) is 0.117. The zero-order valence-corrected chi connectivity index (χ0v) is 34.6. The predicted octanol–water partition coefficient (Wildman–Crippen LogP) is 15.2. The third-order valence-corrected chi connectivity index (χ3v) is 12.7. The van der Waals surface area contributed by atoms with E-state index in [9.17, 15) is 0 Å². The standard InChI is InChI=1S/C61H42N2/c62-60(45-22-7-2-8-23-45)63-57(44-20-5-1-6-21-44)40-37-43-35-38-51(54-32-16-15-30-50(43)54)46-24-17-25-47(41-46)53-33-18-34-55-58-52-31-14-13-19-42(52)36-39-56(58)61(59(53)55,48-26-9-3-10-27-48)49-28-11-4-12-29-49/h1-41,62H/b40-37+,62-60?,63-57?. The summed E-state index contributed by atoms with van der Waals surface area (Å²) in [5.41, 5.74) is 15.4. The van der Waals surface area contributed by atoms with E-state index in [2.05, 4.69) is 182 Å². The number of hydrogen-bond acceptors (Lipinski definition) is 1. The number of nitrogens with zero attached hydrogens (tertiary/aromatic N) is 1. The molecule has 296 valence electrons. The molecule has 2 nitrogen and oxygen atoms in total. The Kier molecular flexibility index (Phi) is 9.60. The molecule has 0 aliphatic heterocycles. The van der Waals surface area contributed by atoms with Gasteiger partial charge in [-0.3, -0.25) is 5.41 Å². The summed E-state index contributed by atoms with van der Waals surface area (Å²) in [6, 6.07) is 84.6. The van der Waals surface area contributed by atoms with Crippen LogP contribution in [-0.2, 0) is 5.41 Å². The lowest BCUT2D eigenvalue weighted by atomic mass is 9.66. The van der Waals surface area contributed by atoms with Crippen LogP contribution in [0.2, 0.25) is 0 Å². The van der Waals surface area contributed by atoms with Crippen LogP contribution in [0.1, 0.15) is 38.9 Å². The average Bonchev–Trinajstić information content (AvgIpc) is 3.68.